The number of fused-ring (bicyclic) bond motifs is 1. The van der Waals surface area contributed by atoms with E-state index in [0.717, 1.165) is 19.5 Å². The Morgan fingerprint density at radius 3 is 2.75 bits per heavy atom. The number of hydrogen-bond acceptors (Lipinski definition) is 2. The molecular weight excluding hydrogens is 246 g/mol. The highest BCUT2D eigenvalue weighted by molar-refractivity contribution is 5.93. The van der Waals surface area contributed by atoms with E-state index < -0.39 is 0 Å². The van der Waals surface area contributed by atoms with Crippen LogP contribution in [-0.2, 0) is 6.54 Å². The van der Waals surface area contributed by atoms with Gasteiger partial charge in [0.1, 0.15) is 0 Å². The van der Waals surface area contributed by atoms with E-state index in [9.17, 15) is 0 Å². The Labute approximate surface area is 121 Å². The molecule has 3 nitrogen and oxygen atoms in total. The predicted octanol–water partition coefficient (Wildman–Crippen LogP) is 3.37. The molecule has 0 spiro atoms. The van der Waals surface area contributed by atoms with Gasteiger partial charge in [0, 0.05) is 42.3 Å². The molecule has 0 saturated heterocycles. The quantitative estimate of drug-likeness (QED) is 0.879. The second-order valence-corrected chi connectivity index (χ2v) is 5.03. The zero-order chi connectivity index (χ0) is 14.5. The fourth-order valence-electron chi connectivity index (χ4n) is 2.58. The summed E-state index contributed by atoms with van der Waals surface area (Å²) in [5.41, 5.74) is 10.9. The Morgan fingerprint density at radius 2 is 2.10 bits per heavy atom. The number of aromatic nitrogens is 1. The lowest BCUT2D eigenvalue weighted by atomic mass is 9.98. The van der Waals surface area contributed by atoms with Gasteiger partial charge in [-0.3, -0.25) is 0 Å². The molecule has 1 aromatic carbocycles. The Bertz CT molecular complexity index is 595. The van der Waals surface area contributed by atoms with E-state index >= 15 is 0 Å². The standard InChI is InChI=1S/C15H19N3.C2H6/c1-18-6-4-12(5-7-18)14-10-17-15-3-2-11(9-16)8-13(14)15;1-2/h2-4,8,10,17H,5-7,9,16H2,1H3;1-2H3. The smallest absolute Gasteiger partial charge is 0.0460 e. The van der Waals surface area contributed by atoms with Gasteiger partial charge in [0.15, 0.2) is 0 Å². The zero-order valence-electron chi connectivity index (χ0n) is 12.7. The lowest BCUT2D eigenvalue weighted by Gasteiger charge is -2.21. The fraction of sp³-hybridized carbons (Fsp3) is 0.412. The highest BCUT2D eigenvalue weighted by Crippen LogP contribution is 2.29. The third-order valence-corrected chi connectivity index (χ3v) is 3.74. The minimum atomic E-state index is 0.600. The number of hydrogen-bond donors (Lipinski definition) is 2. The van der Waals surface area contributed by atoms with Crippen molar-refractivity contribution in [1.29, 1.82) is 0 Å². The summed E-state index contributed by atoms with van der Waals surface area (Å²) in [6.45, 7) is 6.77. The van der Waals surface area contributed by atoms with Crippen molar-refractivity contribution in [1.82, 2.24) is 9.88 Å². The molecule has 0 radical (unpaired) electrons. The normalized spacial score (nSPS) is 15.7. The monoisotopic (exact) mass is 271 g/mol. The van der Waals surface area contributed by atoms with Gasteiger partial charge in [0.05, 0.1) is 0 Å². The van der Waals surface area contributed by atoms with Crippen molar-refractivity contribution in [3.8, 4) is 0 Å². The average Bonchev–Trinajstić information content (AvgIpc) is 2.93. The van der Waals surface area contributed by atoms with Crippen LogP contribution in [0.3, 0.4) is 0 Å². The van der Waals surface area contributed by atoms with Gasteiger partial charge in [-0.1, -0.05) is 26.0 Å². The van der Waals surface area contributed by atoms with E-state index in [1.807, 2.05) is 13.8 Å². The summed E-state index contributed by atoms with van der Waals surface area (Å²) in [7, 11) is 2.16. The van der Waals surface area contributed by atoms with Crippen LogP contribution in [0.2, 0.25) is 0 Å². The van der Waals surface area contributed by atoms with Crippen LogP contribution in [0, 0.1) is 0 Å². The number of nitrogens with two attached hydrogens (primary N) is 1. The van der Waals surface area contributed by atoms with Crippen molar-refractivity contribution in [3.05, 3.63) is 41.6 Å². The van der Waals surface area contributed by atoms with Crippen molar-refractivity contribution < 1.29 is 0 Å². The van der Waals surface area contributed by atoms with Crippen molar-refractivity contribution in [2.75, 3.05) is 20.1 Å². The molecule has 2 heterocycles. The van der Waals surface area contributed by atoms with E-state index in [4.69, 9.17) is 5.73 Å². The third-order valence-electron chi connectivity index (χ3n) is 3.74. The molecule has 0 amide bonds. The van der Waals surface area contributed by atoms with Gasteiger partial charge in [-0.15, -0.1) is 0 Å². The Balaban J connectivity index is 0.000000704. The van der Waals surface area contributed by atoms with Crippen LogP contribution in [0.15, 0.2) is 30.5 Å². The molecule has 1 aromatic heterocycles. The summed E-state index contributed by atoms with van der Waals surface area (Å²) in [6.07, 6.45) is 5.58. The van der Waals surface area contributed by atoms with Crippen molar-refractivity contribution in [2.24, 2.45) is 5.73 Å². The van der Waals surface area contributed by atoms with Crippen molar-refractivity contribution in [2.45, 2.75) is 26.8 Å². The van der Waals surface area contributed by atoms with E-state index in [1.165, 1.54) is 27.6 Å². The molecule has 1 aliphatic rings. The summed E-state index contributed by atoms with van der Waals surface area (Å²) in [5.74, 6) is 0. The Morgan fingerprint density at radius 1 is 1.30 bits per heavy atom. The van der Waals surface area contributed by atoms with Gasteiger partial charge < -0.3 is 15.6 Å². The second-order valence-electron chi connectivity index (χ2n) is 5.03. The van der Waals surface area contributed by atoms with Crippen molar-refractivity contribution >= 4 is 16.5 Å². The van der Waals surface area contributed by atoms with Crippen LogP contribution in [0.1, 0.15) is 31.4 Å². The molecule has 20 heavy (non-hydrogen) atoms. The molecule has 0 bridgehead atoms. The molecule has 0 aliphatic carbocycles. The summed E-state index contributed by atoms with van der Waals surface area (Å²) in [6, 6.07) is 6.42. The van der Waals surface area contributed by atoms with E-state index in [1.54, 1.807) is 0 Å². The lowest BCUT2D eigenvalue weighted by molar-refractivity contribution is 0.370. The van der Waals surface area contributed by atoms with Gasteiger partial charge in [0.2, 0.25) is 0 Å². The predicted molar refractivity (Wildman–Crippen MR) is 87.6 cm³/mol. The van der Waals surface area contributed by atoms with E-state index in [0.29, 0.717) is 6.54 Å². The molecule has 3 N–H and O–H groups in total. The topological polar surface area (TPSA) is 45.0 Å². The Kier molecular flexibility index (Phi) is 4.99. The van der Waals surface area contributed by atoms with Gasteiger partial charge >= 0.3 is 0 Å². The summed E-state index contributed by atoms with van der Waals surface area (Å²) in [5, 5.41) is 1.30. The van der Waals surface area contributed by atoms with Crippen LogP contribution in [-0.4, -0.2) is 30.0 Å². The summed E-state index contributed by atoms with van der Waals surface area (Å²) >= 11 is 0. The minimum absolute atomic E-state index is 0.600. The van der Waals surface area contributed by atoms with Crippen molar-refractivity contribution in [3.63, 3.8) is 0 Å². The van der Waals surface area contributed by atoms with Gasteiger partial charge in [-0.2, -0.15) is 0 Å². The van der Waals surface area contributed by atoms with Gasteiger partial charge in [-0.05, 0) is 36.7 Å². The molecule has 3 heteroatoms. The molecule has 0 unspecified atom stereocenters. The number of benzene rings is 1. The maximum atomic E-state index is 5.72. The number of H-pyrrole nitrogens is 1. The molecule has 108 valence electrons. The van der Waals surface area contributed by atoms with Crippen LogP contribution in [0.4, 0.5) is 0 Å². The molecule has 0 atom stereocenters. The zero-order valence-corrected chi connectivity index (χ0v) is 12.7. The summed E-state index contributed by atoms with van der Waals surface area (Å²) < 4.78 is 0. The highest BCUT2D eigenvalue weighted by Gasteiger charge is 2.13. The van der Waals surface area contributed by atoms with Gasteiger partial charge in [0.25, 0.3) is 0 Å². The summed E-state index contributed by atoms with van der Waals surface area (Å²) in [4.78, 5) is 5.69. The largest absolute Gasteiger partial charge is 0.361 e. The molecule has 3 rings (SSSR count). The van der Waals surface area contributed by atoms with Crippen LogP contribution in [0.25, 0.3) is 16.5 Å². The average molecular weight is 271 g/mol. The number of aromatic amines is 1. The highest BCUT2D eigenvalue weighted by atomic mass is 15.1. The maximum absolute atomic E-state index is 5.72. The number of nitrogens with zero attached hydrogens (tertiary/aromatic N) is 1. The second kappa shape index (κ2) is 6.73. The van der Waals surface area contributed by atoms with Crippen LogP contribution >= 0.6 is 0 Å². The number of nitrogens with one attached hydrogen (secondary N) is 1. The first-order chi connectivity index (χ1) is 9.78. The van der Waals surface area contributed by atoms with Crippen LogP contribution < -0.4 is 5.73 Å². The fourth-order valence-corrected chi connectivity index (χ4v) is 2.58. The molecular formula is C17H25N3. The van der Waals surface area contributed by atoms with Crippen LogP contribution in [0.5, 0.6) is 0 Å². The lowest BCUT2D eigenvalue weighted by Crippen LogP contribution is -2.23. The minimum Gasteiger partial charge on any atom is -0.361 e. The molecule has 0 fully saturated rings. The van der Waals surface area contributed by atoms with Gasteiger partial charge in [-0.25, -0.2) is 0 Å². The first-order valence-electron chi connectivity index (χ1n) is 7.46. The maximum Gasteiger partial charge on any atom is 0.0460 e. The Hall–Kier alpha value is -1.58. The first-order valence-corrected chi connectivity index (χ1v) is 7.46. The number of rotatable bonds is 2. The van der Waals surface area contributed by atoms with E-state index in [2.05, 4.69) is 47.4 Å². The number of likely N-dealkylation sites (N-methyl/N-ethyl adjacent to an activating group) is 1. The molecule has 2 aromatic rings. The third kappa shape index (κ3) is 2.94. The SMILES string of the molecule is CC.CN1CC=C(c2c[nH]c3ccc(CN)cc23)CC1. The molecule has 0 saturated carbocycles. The molecule has 1 aliphatic heterocycles. The van der Waals surface area contributed by atoms with E-state index in [-0.39, 0.29) is 0 Å². The first kappa shape index (κ1) is 14.8.